The first-order valence-corrected chi connectivity index (χ1v) is 7.98. The van der Waals surface area contributed by atoms with Crippen LogP contribution >= 0.6 is 11.6 Å². The molecule has 2 atom stereocenters. The molecule has 1 saturated heterocycles. The molecule has 1 aliphatic heterocycles. The molecule has 2 heterocycles. The summed E-state index contributed by atoms with van der Waals surface area (Å²) in [6.45, 7) is 10.0. The smallest absolute Gasteiger partial charge is 0.182 e. The Hall–Kier alpha value is -0.840. The SMILES string of the molecule is Cc1cc(C(=O)C(C)Cl)c(C)n1CC1CN(C)CCN1C. The molecule has 1 aliphatic rings. The number of nitrogens with zero attached hydrogens (tertiary/aromatic N) is 3. The molecule has 0 N–H and O–H groups in total. The molecule has 21 heavy (non-hydrogen) atoms. The van der Waals surface area contributed by atoms with Gasteiger partial charge in [0.2, 0.25) is 0 Å². The van der Waals surface area contributed by atoms with E-state index < -0.39 is 5.38 Å². The second-order valence-corrected chi connectivity index (χ2v) is 6.93. The highest BCUT2D eigenvalue weighted by Crippen LogP contribution is 2.20. The van der Waals surface area contributed by atoms with Crippen LogP contribution in [0.3, 0.4) is 0 Å². The second kappa shape index (κ2) is 6.51. The quantitative estimate of drug-likeness (QED) is 0.630. The Morgan fingerprint density at radius 1 is 1.38 bits per heavy atom. The van der Waals surface area contributed by atoms with Gasteiger partial charge in [-0.15, -0.1) is 11.6 Å². The summed E-state index contributed by atoms with van der Waals surface area (Å²) in [5, 5.41) is -0.470. The fourth-order valence-electron chi connectivity index (χ4n) is 3.06. The number of hydrogen-bond acceptors (Lipinski definition) is 3. The van der Waals surface area contributed by atoms with E-state index in [1.54, 1.807) is 6.92 Å². The van der Waals surface area contributed by atoms with Crippen LogP contribution in [-0.2, 0) is 6.54 Å². The molecular formula is C16H26ClN3O. The van der Waals surface area contributed by atoms with Crippen molar-refractivity contribution in [2.75, 3.05) is 33.7 Å². The van der Waals surface area contributed by atoms with Crippen molar-refractivity contribution in [3.05, 3.63) is 23.0 Å². The predicted octanol–water partition coefficient (Wildman–Crippen LogP) is 2.16. The standard InChI is InChI=1S/C16H26ClN3O/c1-11-8-15(16(21)12(2)17)13(3)20(11)10-14-9-18(4)6-7-19(14)5/h8,12,14H,6-7,9-10H2,1-5H3. The third kappa shape index (κ3) is 3.50. The molecular weight excluding hydrogens is 286 g/mol. The van der Waals surface area contributed by atoms with E-state index in [9.17, 15) is 4.79 Å². The summed E-state index contributed by atoms with van der Waals surface area (Å²) in [4.78, 5) is 16.9. The third-order valence-corrected chi connectivity index (χ3v) is 4.77. The first kappa shape index (κ1) is 16.5. The van der Waals surface area contributed by atoms with E-state index >= 15 is 0 Å². The van der Waals surface area contributed by atoms with Crippen molar-refractivity contribution in [3.8, 4) is 0 Å². The molecule has 4 nitrogen and oxygen atoms in total. The van der Waals surface area contributed by atoms with E-state index in [4.69, 9.17) is 11.6 Å². The number of carbonyl (C=O) groups is 1. The molecule has 0 aromatic carbocycles. The number of aryl methyl sites for hydroxylation is 1. The summed E-state index contributed by atoms with van der Waals surface area (Å²) < 4.78 is 2.26. The van der Waals surface area contributed by atoms with Gasteiger partial charge in [-0.3, -0.25) is 9.69 Å². The Bertz CT molecular complexity index is 524. The minimum Gasteiger partial charge on any atom is -0.347 e. The maximum absolute atomic E-state index is 12.2. The molecule has 0 saturated carbocycles. The molecule has 1 aromatic rings. The molecule has 0 aliphatic carbocycles. The van der Waals surface area contributed by atoms with Crippen LogP contribution in [0.4, 0.5) is 0 Å². The van der Waals surface area contributed by atoms with Crippen LogP contribution in [0.25, 0.3) is 0 Å². The van der Waals surface area contributed by atoms with E-state index in [0.717, 1.165) is 43.1 Å². The zero-order chi connectivity index (χ0) is 15.7. The van der Waals surface area contributed by atoms with Gasteiger partial charge in [0, 0.05) is 49.2 Å². The van der Waals surface area contributed by atoms with Crippen molar-refractivity contribution in [1.29, 1.82) is 0 Å². The van der Waals surface area contributed by atoms with Crippen LogP contribution in [0.5, 0.6) is 0 Å². The zero-order valence-corrected chi connectivity index (χ0v) is 14.4. The molecule has 0 spiro atoms. The molecule has 2 rings (SSSR count). The minimum absolute atomic E-state index is 0.0186. The predicted molar refractivity (Wildman–Crippen MR) is 87.5 cm³/mol. The topological polar surface area (TPSA) is 28.5 Å². The van der Waals surface area contributed by atoms with Gasteiger partial charge >= 0.3 is 0 Å². The average Bonchev–Trinajstić information content (AvgIpc) is 2.69. The highest BCUT2D eigenvalue weighted by Gasteiger charge is 2.25. The molecule has 1 fully saturated rings. The monoisotopic (exact) mass is 311 g/mol. The van der Waals surface area contributed by atoms with E-state index in [1.807, 2.05) is 13.0 Å². The van der Waals surface area contributed by atoms with Crippen molar-refractivity contribution in [2.45, 2.75) is 38.7 Å². The van der Waals surface area contributed by atoms with Crippen LogP contribution in [0, 0.1) is 13.8 Å². The van der Waals surface area contributed by atoms with Crippen molar-refractivity contribution in [2.24, 2.45) is 0 Å². The molecule has 5 heteroatoms. The van der Waals surface area contributed by atoms with Crippen LogP contribution in [0.2, 0.25) is 0 Å². The van der Waals surface area contributed by atoms with E-state index in [1.165, 1.54) is 0 Å². The van der Waals surface area contributed by atoms with Gasteiger partial charge in [-0.25, -0.2) is 0 Å². The number of rotatable bonds is 4. The molecule has 0 radical (unpaired) electrons. The van der Waals surface area contributed by atoms with Crippen LogP contribution in [0.1, 0.15) is 28.7 Å². The number of piperazine rings is 1. The lowest BCUT2D eigenvalue weighted by Gasteiger charge is -2.38. The van der Waals surface area contributed by atoms with E-state index in [0.29, 0.717) is 6.04 Å². The lowest BCUT2D eigenvalue weighted by atomic mass is 10.1. The highest BCUT2D eigenvalue weighted by molar-refractivity contribution is 6.33. The Morgan fingerprint density at radius 3 is 2.67 bits per heavy atom. The highest BCUT2D eigenvalue weighted by atomic mass is 35.5. The molecule has 1 aromatic heterocycles. The van der Waals surface area contributed by atoms with Gasteiger partial charge in [-0.1, -0.05) is 0 Å². The zero-order valence-electron chi connectivity index (χ0n) is 13.7. The van der Waals surface area contributed by atoms with Gasteiger partial charge < -0.3 is 9.47 Å². The second-order valence-electron chi connectivity index (χ2n) is 6.27. The maximum atomic E-state index is 12.2. The number of hydrogen-bond donors (Lipinski definition) is 0. The van der Waals surface area contributed by atoms with Crippen molar-refractivity contribution >= 4 is 17.4 Å². The first-order chi connectivity index (χ1) is 9.81. The van der Waals surface area contributed by atoms with Crippen LogP contribution in [0.15, 0.2) is 6.07 Å². The van der Waals surface area contributed by atoms with Crippen molar-refractivity contribution in [3.63, 3.8) is 0 Å². The van der Waals surface area contributed by atoms with Gasteiger partial charge in [-0.2, -0.15) is 0 Å². The van der Waals surface area contributed by atoms with E-state index in [-0.39, 0.29) is 5.78 Å². The largest absolute Gasteiger partial charge is 0.347 e. The van der Waals surface area contributed by atoms with Gasteiger partial charge in [0.15, 0.2) is 5.78 Å². The number of halogens is 1. The summed E-state index contributed by atoms with van der Waals surface area (Å²) in [5.74, 6) is 0.0186. The number of likely N-dealkylation sites (N-methyl/N-ethyl adjacent to an activating group) is 2. The number of ketones is 1. The van der Waals surface area contributed by atoms with Gasteiger partial charge in [-0.05, 0) is 40.9 Å². The number of alkyl halides is 1. The van der Waals surface area contributed by atoms with Crippen LogP contribution < -0.4 is 0 Å². The van der Waals surface area contributed by atoms with Crippen LogP contribution in [-0.4, -0.2) is 65.3 Å². The van der Waals surface area contributed by atoms with Crippen molar-refractivity contribution in [1.82, 2.24) is 14.4 Å². The van der Waals surface area contributed by atoms with Gasteiger partial charge in [0.25, 0.3) is 0 Å². The summed E-state index contributed by atoms with van der Waals surface area (Å²) in [5.41, 5.74) is 2.93. The lowest BCUT2D eigenvalue weighted by Crippen LogP contribution is -2.51. The first-order valence-electron chi connectivity index (χ1n) is 7.55. The summed E-state index contributed by atoms with van der Waals surface area (Å²) >= 11 is 5.96. The van der Waals surface area contributed by atoms with E-state index in [2.05, 4.69) is 35.4 Å². The normalized spacial score (nSPS) is 22.5. The fourth-order valence-corrected chi connectivity index (χ4v) is 3.17. The maximum Gasteiger partial charge on any atom is 0.182 e. The Morgan fingerprint density at radius 2 is 2.05 bits per heavy atom. The van der Waals surface area contributed by atoms with Gasteiger partial charge in [0.1, 0.15) is 0 Å². The fraction of sp³-hybridized carbons (Fsp3) is 0.688. The molecule has 2 unspecified atom stereocenters. The van der Waals surface area contributed by atoms with Crippen molar-refractivity contribution < 1.29 is 4.79 Å². The molecule has 0 amide bonds. The summed E-state index contributed by atoms with van der Waals surface area (Å²) in [6, 6.07) is 2.45. The Kier molecular flexibility index (Phi) is 5.12. The molecule has 0 bridgehead atoms. The average molecular weight is 312 g/mol. The third-order valence-electron chi connectivity index (χ3n) is 4.57. The minimum atomic E-state index is -0.470. The molecule has 118 valence electrons. The Labute approximate surface area is 132 Å². The number of carbonyl (C=O) groups excluding carboxylic acids is 1. The van der Waals surface area contributed by atoms with Gasteiger partial charge in [0.05, 0.1) is 5.38 Å². The number of aromatic nitrogens is 1. The Balaban J connectivity index is 2.22. The number of Topliss-reactive ketones (excluding diaryl/α,β-unsaturated/α-hetero) is 1. The summed E-state index contributed by atoms with van der Waals surface area (Å²) in [7, 11) is 4.35. The summed E-state index contributed by atoms with van der Waals surface area (Å²) in [6.07, 6.45) is 0. The lowest BCUT2D eigenvalue weighted by molar-refractivity contribution is 0.0986.